The van der Waals surface area contributed by atoms with Crippen LogP contribution >= 0.6 is 11.3 Å². The molecule has 2 aromatic heterocycles. The first kappa shape index (κ1) is 32.4. The van der Waals surface area contributed by atoms with Gasteiger partial charge in [-0.3, -0.25) is 0 Å². The molecule has 2 fully saturated rings. The van der Waals surface area contributed by atoms with Crippen molar-refractivity contribution in [3.05, 3.63) is 155 Å². The molecule has 0 radical (unpaired) electrons. The molecule has 0 amide bonds. The molecule has 2 spiro atoms. The van der Waals surface area contributed by atoms with Gasteiger partial charge in [0.05, 0.1) is 15.9 Å². The predicted octanol–water partition coefficient (Wildman–Crippen LogP) is 14.1. The van der Waals surface area contributed by atoms with Gasteiger partial charge in [0.2, 0.25) is 0 Å². The Balaban J connectivity index is 0.954. The highest BCUT2D eigenvalue weighted by Crippen LogP contribution is 2.68. The minimum absolute atomic E-state index is 0.224. The first-order valence-corrected chi connectivity index (χ1v) is 21.8. The summed E-state index contributed by atoms with van der Waals surface area (Å²) in [6.07, 6.45) is 17.8. The van der Waals surface area contributed by atoms with E-state index < -0.39 is 0 Å². The number of aromatic nitrogens is 2. The number of rotatable bonds is 3. The Kier molecular flexibility index (Phi) is 7.26. The van der Waals surface area contributed by atoms with Gasteiger partial charge in [-0.15, -0.1) is 11.3 Å². The van der Waals surface area contributed by atoms with Gasteiger partial charge in [-0.05, 0) is 82.9 Å². The maximum absolute atomic E-state index is 5.25. The molecule has 2 heterocycles. The maximum Gasteiger partial charge on any atom is 0.160 e. The van der Waals surface area contributed by atoms with E-state index in [0.717, 1.165) is 32.9 Å². The van der Waals surface area contributed by atoms with E-state index in [9.17, 15) is 0 Å². The van der Waals surface area contributed by atoms with Crippen LogP contribution in [0.1, 0.15) is 105 Å². The van der Waals surface area contributed by atoms with E-state index in [0.29, 0.717) is 23.2 Å². The fourth-order valence-corrected chi connectivity index (χ4v) is 13.7. The van der Waals surface area contributed by atoms with Crippen LogP contribution in [-0.2, 0) is 10.8 Å². The van der Waals surface area contributed by atoms with Crippen molar-refractivity contribution in [3.8, 4) is 33.8 Å². The summed E-state index contributed by atoms with van der Waals surface area (Å²) in [6, 6.07) is 45.6. The Hall–Kier alpha value is -4.86. The predicted molar refractivity (Wildman–Crippen MR) is 229 cm³/mol. The molecule has 2 nitrogen and oxygen atoms in total. The molecule has 2 saturated carbocycles. The number of hydrogen-bond donors (Lipinski definition) is 0. The molecule has 3 unspecified atom stereocenters. The van der Waals surface area contributed by atoms with Gasteiger partial charge in [-0.1, -0.05) is 165 Å². The zero-order valence-corrected chi connectivity index (χ0v) is 32.3. The van der Waals surface area contributed by atoms with E-state index in [1.165, 1.54) is 91.8 Å². The summed E-state index contributed by atoms with van der Waals surface area (Å²) in [5.41, 5.74) is 15.9. The van der Waals surface area contributed by atoms with Crippen molar-refractivity contribution in [2.45, 2.75) is 93.3 Å². The molecule has 270 valence electrons. The second kappa shape index (κ2) is 12.3. The van der Waals surface area contributed by atoms with Gasteiger partial charge in [-0.2, -0.15) is 0 Å². The zero-order chi connectivity index (χ0) is 36.1. The van der Waals surface area contributed by atoms with E-state index in [1.807, 2.05) is 0 Å². The monoisotopic (exact) mass is 730 g/mol. The molecule has 7 aromatic rings. The van der Waals surface area contributed by atoms with Crippen molar-refractivity contribution >= 4 is 31.6 Å². The number of nitrogens with zero attached hydrogens (tertiary/aromatic N) is 2. The molecule has 0 N–H and O–H groups in total. The van der Waals surface area contributed by atoms with Crippen LogP contribution in [0.5, 0.6) is 0 Å². The van der Waals surface area contributed by atoms with Crippen LogP contribution < -0.4 is 0 Å². The van der Waals surface area contributed by atoms with Gasteiger partial charge < -0.3 is 0 Å². The summed E-state index contributed by atoms with van der Waals surface area (Å²) in [5.74, 6) is 2.62. The molecule has 5 aliphatic rings. The summed E-state index contributed by atoms with van der Waals surface area (Å²) in [6.45, 7) is 0. The van der Waals surface area contributed by atoms with Crippen LogP contribution in [0, 0.1) is 5.92 Å². The summed E-state index contributed by atoms with van der Waals surface area (Å²) >= 11 is 1.80. The number of benzene rings is 5. The summed E-state index contributed by atoms with van der Waals surface area (Å²) in [5, 5.41) is 1.20. The Morgan fingerprint density at radius 3 is 2.11 bits per heavy atom. The average molecular weight is 731 g/mol. The van der Waals surface area contributed by atoms with Crippen LogP contribution in [0.15, 0.2) is 133 Å². The zero-order valence-electron chi connectivity index (χ0n) is 31.4. The van der Waals surface area contributed by atoms with Gasteiger partial charge >= 0.3 is 0 Å². The fourth-order valence-electron chi connectivity index (χ4n) is 12.5. The van der Waals surface area contributed by atoms with Gasteiger partial charge in [0.15, 0.2) is 5.82 Å². The molecule has 3 atom stereocenters. The van der Waals surface area contributed by atoms with Gasteiger partial charge in [0.1, 0.15) is 0 Å². The topological polar surface area (TPSA) is 25.8 Å². The number of fused-ring (bicyclic) bond motifs is 13. The van der Waals surface area contributed by atoms with Crippen molar-refractivity contribution < 1.29 is 0 Å². The molecule has 0 saturated heterocycles. The van der Waals surface area contributed by atoms with Crippen molar-refractivity contribution in [3.63, 3.8) is 0 Å². The largest absolute Gasteiger partial charge is 0.226 e. The summed E-state index contributed by atoms with van der Waals surface area (Å²) < 4.78 is 2.41. The first-order valence-electron chi connectivity index (χ1n) is 21.0. The van der Waals surface area contributed by atoms with Gasteiger partial charge in [-0.25, -0.2) is 9.97 Å². The van der Waals surface area contributed by atoms with Crippen LogP contribution in [0.25, 0.3) is 54.1 Å². The minimum Gasteiger partial charge on any atom is -0.226 e. The molecular weight excluding hydrogens is 685 g/mol. The van der Waals surface area contributed by atoms with Crippen molar-refractivity contribution in [1.29, 1.82) is 0 Å². The van der Waals surface area contributed by atoms with E-state index in [1.54, 1.807) is 39.2 Å². The second-order valence-electron chi connectivity index (χ2n) is 17.4. The van der Waals surface area contributed by atoms with Gasteiger partial charge in [0.25, 0.3) is 0 Å². The molecule has 12 rings (SSSR count). The normalized spacial score (nSPS) is 23.1. The molecule has 5 aliphatic carbocycles. The van der Waals surface area contributed by atoms with Crippen LogP contribution in [0.2, 0.25) is 0 Å². The standard InChI is InChI=1S/C52H46N2S/c1-4-14-35(15-5-1)50-53-47(49-48(54-50)38-17-7-9-19-46(38)55-49)34-22-20-33(21-23-34)36-24-25-43-39(30-36)41-32-44-40(31-45(41)52(43)28-12-3-13-29-52)37-16-6-8-18-42(37)51(44)26-10-2-11-27-51/h1,4-9,14-25,30-31,40-41,44H,2-3,10-13,26-29,32H2. The Labute approximate surface area is 328 Å². The van der Waals surface area contributed by atoms with Crippen LogP contribution in [0.4, 0.5) is 0 Å². The lowest BCUT2D eigenvalue weighted by Crippen LogP contribution is -2.38. The summed E-state index contributed by atoms with van der Waals surface area (Å²) in [4.78, 5) is 10.4. The average Bonchev–Trinajstić information content (AvgIpc) is 3.85. The Morgan fingerprint density at radius 2 is 1.27 bits per heavy atom. The molecular formula is C52H46N2S. The van der Waals surface area contributed by atoms with Crippen LogP contribution in [-0.4, -0.2) is 9.97 Å². The Bertz CT molecular complexity index is 2650. The van der Waals surface area contributed by atoms with E-state index >= 15 is 0 Å². The molecule has 0 aliphatic heterocycles. The highest BCUT2D eigenvalue weighted by atomic mass is 32.1. The SMILES string of the molecule is C1=C2C(CC3C1c1ccccc1C31CCCCC1)c1cc(-c3ccc(-c4nc(-c5ccccc5)nc5c4sc4ccccc45)cc3)ccc1C21CCCCC1. The lowest BCUT2D eigenvalue weighted by Gasteiger charge is -2.46. The Morgan fingerprint density at radius 1 is 0.564 bits per heavy atom. The first-order chi connectivity index (χ1) is 27.2. The van der Waals surface area contributed by atoms with E-state index in [2.05, 4.69) is 127 Å². The second-order valence-corrected chi connectivity index (χ2v) is 18.5. The molecule has 0 bridgehead atoms. The number of hydrogen-bond acceptors (Lipinski definition) is 3. The van der Waals surface area contributed by atoms with Crippen molar-refractivity contribution in [2.24, 2.45) is 5.92 Å². The minimum atomic E-state index is 0.224. The lowest BCUT2D eigenvalue weighted by atomic mass is 9.58. The molecule has 55 heavy (non-hydrogen) atoms. The fraction of sp³-hybridized carbons (Fsp3) is 0.308. The van der Waals surface area contributed by atoms with E-state index in [-0.39, 0.29) is 5.41 Å². The van der Waals surface area contributed by atoms with E-state index in [4.69, 9.17) is 9.97 Å². The number of allylic oxidation sites excluding steroid dienone is 2. The number of thiophene rings is 1. The molecule has 5 aromatic carbocycles. The van der Waals surface area contributed by atoms with Crippen molar-refractivity contribution in [2.75, 3.05) is 0 Å². The summed E-state index contributed by atoms with van der Waals surface area (Å²) in [7, 11) is 0. The third-order valence-corrected chi connectivity index (χ3v) is 16.1. The van der Waals surface area contributed by atoms with Crippen LogP contribution in [0.3, 0.4) is 0 Å². The lowest BCUT2D eigenvalue weighted by molar-refractivity contribution is 0.175. The third-order valence-electron chi connectivity index (χ3n) is 14.9. The van der Waals surface area contributed by atoms with Crippen molar-refractivity contribution in [1.82, 2.24) is 9.97 Å². The maximum atomic E-state index is 5.25. The molecule has 3 heteroatoms. The quantitative estimate of drug-likeness (QED) is 0.169. The third kappa shape index (κ3) is 4.72. The smallest absolute Gasteiger partial charge is 0.160 e. The van der Waals surface area contributed by atoms with Gasteiger partial charge in [0, 0.05) is 38.5 Å². The highest BCUT2D eigenvalue weighted by molar-refractivity contribution is 7.26. The highest BCUT2D eigenvalue weighted by Gasteiger charge is 2.58.